The standard InChI is InChI=1S/C14H11BrClF4N3S/c1-23(6-2-3-24-5-6)12-7-4-8(14(18,19)20)9(15)10(17)11(7)21-13(16)22-12/h4,6H,2-3,5H2,1H3/t6-/m0/s1. The molecular weight excluding hydrogens is 434 g/mol. The molecule has 0 saturated carbocycles. The highest BCUT2D eigenvalue weighted by Gasteiger charge is 2.36. The van der Waals surface area contributed by atoms with Crippen LogP contribution >= 0.6 is 39.3 Å². The van der Waals surface area contributed by atoms with Crippen LogP contribution in [-0.2, 0) is 6.18 Å². The first-order valence-electron chi connectivity index (χ1n) is 6.93. The van der Waals surface area contributed by atoms with Crippen molar-refractivity contribution in [3.63, 3.8) is 0 Å². The Morgan fingerprint density at radius 2 is 2.08 bits per heavy atom. The first-order valence-corrected chi connectivity index (χ1v) is 9.25. The minimum atomic E-state index is -4.70. The minimum absolute atomic E-state index is 0.00757. The summed E-state index contributed by atoms with van der Waals surface area (Å²) < 4.78 is 53.4. The van der Waals surface area contributed by atoms with E-state index in [1.54, 1.807) is 23.7 Å². The molecule has 130 valence electrons. The Hall–Kier alpha value is -0.800. The van der Waals surface area contributed by atoms with Gasteiger partial charge in [0.2, 0.25) is 5.28 Å². The molecule has 1 fully saturated rings. The molecule has 1 aliphatic rings. The summed E-state index contributed by atoms with van der Waals surface area (Å²) in [5.74, 6) is 0.887. The van der Waals surface area contributed by atoms with Crippen LogP contribution in [-0.4, -0.2) is 34.6 Å². The predicted octanol–water partition coefficient (Wildman–Crippen LogP) is 5.15. The lowest BCUT2D eigenvalue weighted by Crippen LogP contribution is -2.32. The third kappa shape index (κ3) is 3.17. The molecule has 10 heteroatoms. The Kier molecular flexibility index (Phi) is 4.87. The lowest BCUT2D eigenvalue weighted by Gasteiger charge is -2.26. The number of alkyl halides is 3. The number of halogens is 6. The van der Waals surface area contributed by atoms with Crippen molar-refractivity contribution >= 4 is 56.0 Å². The van der Waals surface area contributed by atoms with Crippen molar-refractivity contribution in [2.45, 2.75) is 18.6 Å². The van der Waals surface area contributed by atoms with E-state index in [9.17, 15) is 17.6 Å². The van der Waals surface area contributed by atoms with Gasteiger partial charge in [-0.05, 0) is 45.8 Å². The smallest absolute Gasteiger partial charge is 0.355 e. The Labute approximate surface area is 152 Å². The number of nitrogens with zero attached hydrogens (tertiary/aromatic N) is 3. The van der Waals surface area contributed by atoms with E-state index in [0.717, 1.165) is 24.0 Å². The van der Waals surface area contributed by atoms with E-state index in [0.29, 0.717) is 0 Å². The van der Waals surface area contributed by atoms with E-state index in [-0.39, 0.29) is 28.0 Å². The van der Waals surface area contributed by atoms with Gasteiger partial charge in [-0.1, -0.05) is 0 Å². The zero-order valence-electron chi connectivity index (χ0n) is 12.3. The topological polar surface area (TPSA) is 29.0 Å². The Bertz CT molecular complexity index is 796. The Balaban J connectivity index is 2.27. The number of benzene rings is 1. The maximum absolute atomic E-state index is 14.5. The summed E-state index contributed by atoms with van der Waals surface area (Å²) in [5, 5.41) is -0.215. The summed E-state index contributed by atoms with van der Waals surface area (Å²) in [6.45, 7) is 0. The molecule has 1 saturated heterocycles. The molecule has 24 heavy (non-hydrogen) atoms. The van der Waals surface area contributed by atoms with Crippen LogP contribution in [0.4, 0.5) is 23.4 Å². The average Bonchev–Trinajstić information content (AvgIpc) is 3.03. The van der Waals surface area contributed by atoms with Gasteiger partial charge in [-0.25, -0.2) is 9.37 Å². The first-order chi connectivity index (χ1) is 11.2. The van der Waals surface area contributed by atoms with Gasteiger partial charge >= 0.3 is 6.18 Å². The molecule has 3 nitrogen and oxygen atoms in total. The monoisotopic (exact) mass is 443 g/mol. The molecule has 0 N–H and O–H groups in total. The molecule has 2 heterocycles. The minimum Gasteiger partial charge on any atom is -0.355 e. The summed E-state index contributed by atoms with van der Waals surface area (Å²) in [7, 11) is 1.72. The highest BCUT2D eigenvalue weighted by atomic mass is 79.9. The molecule has 1 atom stereocenters. The fraction of sp³-hybridized carbons (Fsp3) is 0.429. The molecule has 1 aromatic carbocycles. The van der Waals surface area contributed by atoms with Crippen molar-refractivity contribution in [1.82, 2.24) is 9.97 Å². The summed E-state index contributed by atoms with van der Waals surface area (Å²) in [6, 6.07) is 0.970. The van der Waals surface area contributed by atoms with Crippen LogP contribution < -0.4 is 4.90 Å². The van der Waals surface area contributed by atoms with Gasteiger partial charge in [-0.15, -0.1) is 0 Å². The first kappa shape index (κ1) is 18.0. The summed E-state index contributed by atoms with van der Waals surface area (Å²) in [5.41, 5.74) is -1.34. The van der Waals surface area contributed by atoms with Crippen molar-refractivity contribution < 1.29 is 17.6 Å². The largest absolute Gasteiger partial charge is 0.417 e. The number of aromatic nitrogens is 2. The summed E-state index contributed by atoms with van der Waals surface area (Å²) >= 11 is 10.3. The fourth-order valence-electron chi connectivity index (χ4n) is 2.64. The van der Waals surface area contributed by atoms with Crippen LogP contribution in [0.3, 0.4) is 0 Å². The summed E-state index contributed by atoms with van der Waals surface area (Å²) in [6.07, 6.45) is -3.83. The second-order valence-corrected chi connectivity index (χ2v) is 7.67. The van der Waals surface area contributed by atoms with E-state index in [1.807, 2.05) is 0 Å². The van der Waals surface area contributed by atoms with E-state index >= 15 is 0 Å². The second kappa shape index (κ2) is 6.49. The van der Waals surface area contributed by atoms with E-state index in [4.69, 9.17) is 11.6 Å². The molecule has 0 radical (unpaired) electrons. The van der Waals surface area contributed by atoms with Gasteiger partial charge in [-0.2, -0.15) is 29.9 Å². The van der Waals surface area contributed by atoms with Gasteiger partial charge in [0.05, 0.1) is 10.0 Å². The highest BCUT2D eigenvalue weighted by molar-refractivity contribution is 9.10. The quantitative estimate of drug-likeness (QED) is 0.473. The van der Waals surface area contributed by atoms with Gasteiger partial charge in [0.1, 0.15) is 11.3 Å². The maximum Gasteiger partial charge on any atom is 0.417 e. The van der Waals surface area contributed by atoms with Gasteiger partial charge in [0.15, 0.2) is 5.82 Å². The lowest BCUT2D eigenvalue weighted by molar-refractivity contribution is -0.138. The van der Waals surface area contributed by atoms with Crippen LogP contribution in [0.25, 0.3) is 10.9 Å². The number of anilines is 1. The van der Waals surface area contributed by atoms with E-state index in [1.165, 1.54) is 0 Å². The van der Waals surface area contributed by atoms with Crippen LogP contribution in [0.1, 0.15) is 12.0 Å². The van der Waals surface area contributed by atoms with Gasteiger partial charge in [0, 0.05) is 24.2 Å². The molecule has 0 spiro atoms. The average molecular weight is 445 g/mol. The predicted molar refractivity (Wildman–Crippen MR) is 91.3 cm³/mol. The lowest BCUT2D eigenvalue weighted by atomic mass is 10.1. The van der Waals surface area contributed by atoms with Crippen LogP contribution in [0.5, 0.6) is 0 Å². The molecule has 1 aliphatic heterocycles. The molecule has 0 aliphatic carbocycles. The second-order valence-electron chi connectivity index (χ2n) is 5.39. The zero-order chi connectivity index (χ0) is 17.6. The van der Waals surface area contributed by atoms with Crippen molar-refractivity contribution in [1.29, 1.82) is 0 Å². The van der Waals surface area contributed by atoms with Crippen LogP contribution in [0.15, 0.2) is 10.5 Å². The maximum atomic E-state index is 14.5. The molecule has 2 aromatic rings. The number of hydrogen-bond acceptors (Lipinski definition) is 4. The third-order valence-electron chi connectivity index (χ3n) is 3.92. The van der Waals surface area contributed by atoms with E-state index in [2.05, 4.69) is 25.9 Å². The number of fused-ring (bicyclic) bond motifs is 1. The van der Waals surface area contributed by atoms with Gasteiger partial charge in [0.25, 0.3) is 0 Å². The Morgan fingerprint density at radius 3 is 2.67 bits per heavy atom. The number of rotatable bonds is 2. The zero-order valence-corrected chi connectivity index (χ0v) is 15.5. The van der Waals surface area contributed by atoms with Crippen molar-refractivity contribution in [3.8, 4) is 0 Å². The van der Waals surface area contributed by atoms with Gasteiger partial charge < -0.3 is 4.90 Å². The summed E-state index contributed by atoms with van der Waals surface area (Å²) in [4.78, 5) is 9.59. The molecular formula is C14H11BrClF4N3S. The molecule has 0 unspecified atom stereocenters. The van der Waals surface area contributed by atoms with E-state index < -0.39 is 22.0 Å². The molecule has 1 aromatic heterocycles. The fourth-order valence-corrected chi connectivity index (χ4v) is 4.60. The molecule has 3 rings (SSSR count). The normalized spacial score (nSPS) is 18.4. The SMILES string of the molecule is CN(c1nc(Cl)nc2c(F)c(Br)c(C(F)(F)F)cc12)[C@H]1CCSC1. The number of hydrogen-bond donors (Lipinski definition) is 0. The van der Waals surface area contributed by atoms with Crippen LogP contribution in [0.2, 0.25) is 5.28 Å². The van der Waals surface area contributed by atoms with Gasteiger partial charge in [-0.3, -0.25) is 0 Å². The number of thioether (sulfide) groups is 1. The van der Waals surface area contributed by atoms with Crippen molar-refractivity contribution in [2.75, 3.05) is 23.5 Å². The van der Waals surface area contributed by atoms with Crippen molar-refractivity contribution in [3.05, 3.63) is 27.2 Å². The van der Waals surface area contributed by atoms with Crippen molar-refractivity contribution in [2.24, 2.45) is 0 Å². The molecule has 0 amide bonds. The van der Waals surface area contributed by atoms with Crippen LogP contribution in [0, 0.1) is 5.82 Å². The molecule has 0 bridgehead atoms. The highest BCUT2D eigenvalue weighted by Crippen LogP contribution is 2.41. The Morgan fingerprint density at radius 1 is 1.38 bits per heavy atom. The third-order valence-corrected chi connectivity index (χ3v) is 6.01.